The molecular formula is C13H18N4O2. The molecular weight excluding hydrogens is 244 g/mol. The van der Waals surface area contributed by atoms with E-state index in [0.29, 0.717) is 30.4 Å². The van der Waals surface area contributed by atoms with Crippen LogP contribution in [-0.2, 0) is 0 Å². The van der Waals surface area contributed by atoms with Crippen LogP contribution in [0.15, 0.2) is 24.3 Å². The number of nitrogens with two attached hydrogens (primary N) is 1. The molecule has 1 aromatic carbocycles. The molecule has 1 aromatic rings. The zero-order valence-corrected chi connectivity index (χ0v) is 10.8. The van der Waals surface area contributed by atoms with E-state index in [2.05, 4.69) is 17.6 Å². The predicted octanol–water partition coefficient (Wildman–Crippen LogP) is 0.611. The van der Waals surface area contributed by atoms with Crippen molar-refractivity contribution in [3.63, 3.8) is 0 Å². The first-order chi connectivity index (χ1) is 9.06. The van der Waals surface area contributed by atoms with E-state index in [1.165, 1.54) is 0 Å². The molecule has 1 fully saturated rings. The molecule has 0 saturated carbocycles. The van der Waals surface area contributed by atoms with Crippen LogP contribution >= 0.6 is 0 Å². The summed E-state index contributed by atoms with van der Waals surface area (Å²) < 4.78 is 0. The van der Waals surface area contributed by atoms with Crippen molar-refractivity contribution in [3.8, 4) is 0 Å². The number of hydrogen-bond donors (Lipinski definition) is 3. The lowest BCUT2D eigenvalue weighted by atomic mass is 10.1. The minimum Gasteiger partial charge on any atom is -0.351 e. The number of hydrogen-bond acceptors (Lipinski definition) is 3. The Bertz CT molecular complexity index is 472. The Labute approximate surface area is 112 Å². The molecule has 0 aromatic heterocycles. The number of nitrogens with one attached hydrogen (secondary N) is 2. The van der Waals surface area contributed by atoms with Crippen LogP contribution in [0.5, 0.6) is 0 Å². The number of rotatable bonds is 2. The molecule has 0 aliphatic carbocycles. The molecule has 1 aliphatic rings. The van der Waals surface area contributed by atoms with E-state index in [4.69, 9.17) is 5.73 Å². The van der Waals surface area contributed by atoms with Crippen molar-refractivity contribution in [2.24, 2.45) is 5.73 Å². The monoisotopic (exact) mass is 262 g/mol. The summed E-state index contributed by atoms with van der Waals surface area (Å²) in [6.45, 7) is 4.29. The highest BCUT2D eigenvalue weighted by Gasteiger charge is 2.21. The van der Waals surface area contributed by atoms with Crippen LogP contribution in [0.25, 0.3) is 0 Å². The van der Waals surface area contributed by atoms with Gasteiger partial charge in [0.1, 0.15) is 0 Å². The smallest absolute Gasteiger partial charge is 0.316 e. The van der Waals surface area contributed by atoms with Gasteiger partial charge < -0.3 is 21.3 Å². The van der Waals surface area contributed by atoms with Crippen LogP contribution in [0.1, 0.15) is 17.3 Å². The Hall–Kier alpha value is -2.08. The minimum atomic E-state index is -0.616. The molecule has 6 heteroatoms. The number of benzene rings is 1. The molecule has 6 nitrogen and oxygen atoms in total. The lowest BCUT2D eigenvalue weighted by Crippen LogP contribution is -2.51. The van der Waals surface area contributed by atoms with Gasteiger partial charge >= 0.3 is 6.03 Å². The van der Waals surface area contributed by atoms with E-state index in [0.717, 1.165) is 6.54 Å². The Morgan fingerprint density at radius 2 is 2.05 bits per heavy atom. The van der Waals surface area contributed by atoms with Crippen molar-refractivity contribution >= 4 is 17.6 Å². The van der Waals surface area contributed by atoms with Gasteiger partial charge in [-0.25, -0.2) is 4.79 Å². The molecule has 1 saturated heterocycles. The van der Waals surface area contributed by atoms with Gasteiger partial charge in [0.05, 0.1) is 0 Å². The normalized spacial score (nSPS) is 19.0. The van der Waals surface area contributed by atoms with E-state index in [-0.39, 0.29) is 5.91 Å². The van der Waals surface area contributed by atoms with Gasteiger partial charge in [-0.3, -0.25) is 4.79 Å². The van der Waals surface area contributed by atoms with Crippen molar-refractivity contribution in [3.05, 3.63) is 29.8 Å². The topological polar surface area (TPSA) is 87.5 Å². The number of primary amides is 1. The molecule has 1 unspecified atom stereocenters. The van der Waals surface area contributed by atoms with E-state index < -0.39 is 6.03 Å². The van der Waals surface area contributed by atoms with Crippen LogP contribution in [0.3, 0.4) is 0 Å². The van der Waals surface area contributed by atoms with Crippen molar-refractivity contribution < 1.29 is 9.59 Å². The first kappa shape index (κ1) is 13.4. The zero-order chi connectivity index (χ0) is 13.8. The number of piperazine rings is 1. The molecule has 0 bridgehead atoms. The maximum Gasteiger partial charge on any atom is 0.316 e. The highest BCUT2D eigenvalue weighted by atomic mass is 16.2. The Morgan fingerprint density at radius 1 is 1.37 bits per heavy atom. The van der Waals surface area contributed by atoms with Gasteiger partial charge in [0.2, 0.25) is 0 Å². The third-order valence-corrected chi connectivity index (χ3v) is 3.06. The van der Waals surface area contributed by atoms with Gasteiger partial charge in [-0.2, -0.15) is 0 Å². The van der Waals surface area contributed by atoms with Crippen LogP contribution in [0, 0.1) is 0 Å². The fourth-order valence-electron chi connectivity index (χ4n) is 2.14. The highest BCUT2D eigenvalue weighted by molar-refractivity contribution is 5.95. The summed E-state index contributed by atoms with van der Waals surface area (Å²) in [5, 5.41) is 5.76. The maximum absolute atomic E-state index is 12.3. The SMILES string of the molecule is CC1CN(C(=O)c2ccc(NC(N)=O)cc2)CCN1. The van der Waals surface area contributed by atoms with E-state index >= 15 is 0 Å². The van der Waals surface area contributed by atoms with Crippen LogP contribution in [-0.4, -0.2) is 42.5 Å². The summed E-state index contributed by atoms with van der Waals surface area (Å²) in [7, 11) is 0. The van der Waals surface area contributed by atoms with E-state index in [1.54, 1.807) is 24.3 Å². The molecule has 0 spiro atoms. The summed E-state index contributed by atoms with van der Waals surface area (Å²) in [5.41, 5.74) is 6.22. The number of nitrogens with zero attached hydrogens (tertiary/aromatic N) is 1. The van der Waals surface area contributed by atoms with Gasteiger partial charge in [-0.1, -0.05) is 0 Å². The Kier molecular flexibility index (Phi) is 4.01. The number of amides is 3. The second-order valence-electron chi connectivity index (χ2n) is 4.67. The summed E-state index contributed by atoms with van der Waals surface area (Å²) in [6.07, 6.45) is 0. The third kappa shape index (κ3) is 3.45. The van der Waals surface area contributed by atoms with Gasteiger partial charge in [-0.15, -0.1) is 0 Å². The molecule has 1 aliphatic heterocycles. The first-order valence-corrected chi connectivity index (χ1v) is 6.25. The quantitative estimate of drug-likeness (QED) is 0.729. The fraction of sp³-hybridized carbons (Fsp3) is 0.385. The van der Waals surface area contributed by atoms with Crippen LogP contribution < -0.4 is 16.4 Å². The molecule has 2 rings (SSSR count). The molecule has 19 heavy (non-hydrogen) atoms. The average Bonchev–Trinajstić information content (AvgIpc) is 2.38. The average molecular weight is 262 g/mol. The second-order valence-corrected chi connectivity index (χ2v) is 4.67. The first-order valence-electron chi connectivity index (χ1n) is 6.25. The van der Waals surface area contributed by atoms with Crippen molar-refractivity contribution in [2.75, 3.05) is 25.0 Å². The summed E-state index contributed by atoms with van der Waals surface area (Å²) in [6, 6.07) is 6.43. The van der Waals surface area contributed by atoms with E-state index in [1.807, 2.05) is 4.90 Å². The second kappa shape index (κ2) is 5.71. The molecule has 3 amide bonds. The van der Waals surface area contributed by atoms with Crippen LogP contribution in [0.2, 0.25) is 0 Å². The third-order valence-electron chi connectivity index (χ3n) is 3.06. The fourth-order valence-corrected chi connectivity index (χ4v) is 2.14. The summed E-state index contributed by atoms with van der Waals surface area (Å²) in [4.78, 5) is 24.8. The number of carbonyl (C=O) groups excluding carboxylic acids is 2. The Balaban J connectivity index is 2.04. The summed E-state index contributed by atoms with van der Waals surface area (Å²) >= 11 is 0. The molecule has 102 valence electrons. The predicted molar refractivity (Wildman–Crippen MR) is 73.0 cm³/mol. The number of anilines is 1. The van der Waals surface area contributed by atoms with Crippen molar-refractivity contribution in [1.82, 2.24) is 10.2 Å². The van der Waals surface area contributed by atoms with Gasteiger partial charge in [-0.05, 0) is 31.2 Å². The Morgan fingerprint density at radius 3 is 2.63 bits per heavy atom. The number of carbonyl (C=O) groups is 2. The minimum absolute atomic E-state index is 0.0129. The molecule has 0 radical (unpaired) electrons. The van der Waals surface area contributed by atoms with Crippen LogP contribution in [0.4, 0.5) is 10.5 Å². The van der Waals surface area contributed by atoms with Crippen molar-refractivity contribution in [2.45, 2.75) is 13.0 Å². The summed E-state index contributed by atoms with van der Waals surface area (Å²) in [5.74, 6) is 0.0129. The number of urea groups is 1. The zero-order valence-electron chi connectivity index (χ0n) is 10.8. The lowest BCUT2D eigenvalue weighted by Gasteiger charge is -2.32. The largest absolute Gasteiger partial charge is 0.351 e. The van der Waals surface area contributed by atoms with E-state index in [9.17, 15) is 9.59 Å². The van der Waals surface area contributed by atoms with Gasteiger partial charge in [0.15, 0.2) is 0 Å². The molecule has 1 atom stereocenters. The standard InChI is InChI=1S/C13H18N4O2/c1-9-8-17(7-6-15-9)12(18)10-2-4-11(5-3-10)16-13(14)19/h2-5,9,15H,6-8H2,1H3,(H3,14,16,19). The van der Waals surface area contributed by atoms with Gasteiger partial charge in [0.25, 0.3) is 5.91 Å². The molecule has 4 N–H and O–H groups in total. The highest BCUT2D eigenvalue weighted by Crippen LogP contribution is 2.12. The molecule has 1 heterocycles. The van der Waals surface area contributed by atoms with Crippen molar-refractivity contribution in [1.29, 1.82) is 0 Å². The van der Waals surface area contributed by atoms with Gasteiger partial charge in [0, 0.05) is 36.9 Å². The lowest BCUT2D eigenvalue weighted by molar-refractivity contribution is 0.0709. The maximum atomic E-state index is 12.3.